The average Bonchev–Trinajstić information content (AvgIpc) is 2.68. The summed E-state index contributed by atoms with van der Waals surface area (Å²) >= 11 is 0. The molecule has 2 saturated heterocycles. The van der Waals surface area contributed by atoms with Crippen LogP contribution in [0.4, 0.5) is 0 Å². The lowest BCUT2D eigenvalue weighted by molar-refractivity contribution is -0.136. The highest BCUT2D eigenvalue weighted by Gasteiger charge is 2.38. The monoisotopic (exact) mass is 359 g/mol. The second-order valence-corrected chi connectivity index (χ2v) is 8.08. The van der Waals surface area contributed by atoms with Crippen molar-refractivity contribution in [1.29, 1.82) is 0 Å². The molecule has 26 heavy (non-hydrogen) atoms. The Labute approximate surface area is 157 Å². The highest BCUT2D eigenvalue weighted by molar-refractivity contribution is 5.83. The molecule has 0 aliphatic carbocycles. The van der Waals surface area contributed by atoms with E-state index in [2.05, 4.69) is 41.4 Å². The topological polar surface area (TPSA) is 67.6 Å². The quantitative estimate of drug-likeness (QED) is 0.818. The van der Waals surface area contributed by atoms with Gasteiger partial charge in [-0.05, 0) is 49.3 Å². The standard InChI is InChI=1S/C21H33N3O2/c1-17-3-2-10-24(14-17)15-19-6-4-18(5-7-19)13-23-20(25)21(16-22)8-11-26-12-9-21/h4-7,17H,2-3,8-16,22H2,1H3,(H,23,25). The van der Waals surface area contributed by atoms with E-state index in [4.69, 9.17) is 10.5 Å². The lowest BCUT2D eigenvalue weighted by Gasteiger charge is -2.34. The number of likely N-dealkylation sites (tertiary alicyclic amines) is 1. The highest BCUT2D eigenvalue weighted by atomic mass is 16.5. The van der Waals surface area contributed by atoms with Crippen LogP contribution in [-0.2, 0) is 22.6 Å². The summed E-state index contributed by atoms with van der Waals surface area (Å²) in [4.78, 5) is 15.2. The fourth-order valence-electron chi connectivity index (χ4n) is 4.11. The predicted octanol–water partition coefficient (Wildman–Crippen LogP) is 2.29. The van der Waals surface area contributed by atoms with Gasteiger partial charge in [-0.25, -0.2) is 0 Å². The molecule has 0 aromatic heterocycles. The third-order valence-corrected chi connectivity index (χ3v) is 5.95. The van der Waals surface area contributed by atoms with Gasteiger partial charge in [-0.3, -0.25) is 9.69 Å². The minimum absolute atomic E-state index is 0.0645. The van der Waals surface area contributed by atoms with Crippen LogP contribution in [0.5, 0.6) is 0 Å². The molecule has 1 atom stereocenters. The molecule has 2 aliphatic rings. The largest absolute Gasteiger partial charge is 0.381 e. The Hall–Kier alpha value is -1.43. The van der Waals surface area contributed by atoms with E-state index in [0.717, 1.165) is 18.0 Å². The fourth-order valence-corrected chi connectivity index (χ4v) is 4.11. The third-order valence-electron chi connectivity index (χ3n) is 5.95. The van der Waals surface area contributed by atoms with Gasteiger partial charge in [0.1, 0.15) is 0 Å². The molecule has 1 unspecified atom stereocenters. The number of carbonyl (C=O) groups is 1. The second-order valence-electron chi connectivity index (χ2n) is 8.08. The first kappa shape index (κ1) is 19.3. The summed E-state index contributed by atoms with van der Waals surface area (Å²) in [5.41, 5.74) is 7.93. The Morgan fingerprint density at radius 2 is 1.96 bits per heavy atom. The van der Waals surface area contributed by atoms with Crippen molar-refractivity contribution in [1.82, 2.24) is 10.2 Å². The summed E-state index contributed by atoms with van der Waals surface area (Å²) in [6.45, 7) is 7.94. The molecule has 1 amide bonds. The number of nitrogens with two attached hydrogens (primary N) is 1. The first-order chi connectivity index (χ1) is 12.6. The molecule has 144 valence electrons. The summed E-state index contributed by atoms with van der Waals surface area (Å²) in [7, 11) is 0. The molecule has 0 spiro atoms. The van der Waals surface area contributed by atoms with Crippen LogP contribution in [-0.4, -0.2) is 43.7 Å². The van der Waals surface area contributed by atoms with Gasteiger partial charge in [0.05, 0.1) is 5.41 Å². The predicted molar refractivity (Wildman–Crippen MR) is 104 cm³/mol. The molecule has 0 bridgehead atoms. The maximum absolute atomic E-state index is 12.6. The lowest BCUT2D eigenvalue weighted by atomic mass is 9.79. The van der Waals surface area contributed by atoms with Crippen molar-refractivity contribution < 1.29 is 9.53 Å². The van der Waals surface area contributed by atoms with Crippen molar-refractivity contribution >= 4 is 5.91 Å². The molecule has 1 aromatic rings. The lowest BCUT2D eigenvalue weighted by Crippen LogP contribution is -2.48. The van der Waals surface area contributed by atoms with E-state index in [9.17, 15) is 4.79 Å². The summed E-state index contributed by atoms with van der Waals surface area (Å²) < 4.78 is 5.38. The van der Waals surface area contributed by atoms with Gasteiger partial charge in [0.2, 0.25) is 5.91 Å². The number of benzene rings is 1. The van der Waals surface area contributed by atoms with Gasteiger partial charge >= 0.3 is 0 Å². The first-order valence-electron chi connectivity index (χ1n) is 9.97. The Balaban J connectivity index is 1.50. The van der Waals surface area contributed by atoms with Crippen LogP contribution in [0.25, 0.3) is 0 Å². The maximum atomic E-state index is 12.6. The number of amides is 1. The summed E-state index contributed by atoms with van der Waals surface area (Å²) in [5.74, 6) is 0.868. The van der Waals surface area contributed by atoms with Crippen LogP contribution in [0.2, 0.25) is 0 Å². The average molecular weight is 360 g/mol. The van der Waals surface area contributed by atoms with Gasteiger partial charge in [0.25, 0.3) is 0 Å². The first-order valence-corrected chi connectivity index (χ1v) is 9.97. The van der Waals surface area contributed by atoms with Crippen LogP contribution in [0.1, 0.15) is 43.7 Å². The van der Waals surface area contributed by atoms with E-state index in [0.29, 0.717) is 39.1 Å². The third kappa shape index (κ3) is 4.84. The van der Waals surface area contributed by atoms with Crippen molar-refractivity contribution in [3.63, 3.8) is 0 Å². The smallest absolute Gasteiger partial charge is 0.227 e. The minimum Gasteiger partial charge on any atom is -0.381 e. The Morgan fingerprint density at radius 3 is 2.62 bits per heavy atom. The van der Waals surface area contributed by atoms with Crippen LogP contribution in [0, 0.1) is 11.3 Å². The summed E-state index contributed by atoms with van der Waals surface area (Å²) in [6.07, 6.45) is 4.08. The number of rotatable bonds is 6. The summed E-state index contributed by atoms with van der Waals surface area (Å²) in [5, 5.41) is 3.08. The second kappa shape index (κ2) is 8.98. The van der Waals surface area contributed by atoms with Crippen LogP contribution in [0.15, 0.2) is 24.3 Å². The number of carbonyl (C=O) groups excluding carboxylic acids is 1. The zero-order chi connectivity index (χ0) is 18.4. The van der Waals surface area contributed by atoms with E-state index in [1.54, 1.807) is 0 Å². The molecule has 5 nitrogen and oxygen atoms in total. The molecule has 3 rings (SSSR count). The van der Waals surface area contributed by atoms with E-state index in [1.807, 2.05) is 0 Å². The van der Waals surface area contributed by atoms with E-state index in [1.165, 1.54) is 31.5 Å². The van der Waals surface area contributed by atoms with Gasteiger partial charge in [-0.15, -0.1) is 0 Å². The van der Waals surface area contributed by atoms with Gasteiger partial charge < -0.3 is 15.8 Å². The van der Waals surface area contributed by atoms with Crippen molar-refractivity contribution in [2.75, 3.05) is 32.8 Å². The molecule has 5 heteroatoms. The van der Waals surface area contributed by atoms with Crippen molar-refractivity contribution in [2.24, 2.45) is 17.1 Å². The van der Waals surface area contributed by atoms with Gasteiger partial charge in [-0.1, -0.05) is 31.2 Å². The van der Waals surface area contributed by atoms with Gasteiger partial charge in [0, 0.05) is 39.4 Å². The number of hydrogen-bond acceptors (Lipinski definition) is 4. The van der Waals surface area contributed by atoms with E-state index >= 15 is 0 Å². The number of ether oxygens (including phenoxy) is 1. The molecule has 3 N–H and O–H groups in total. The zero-order valence-corrected chi connectivity index (χ0v) is 16.0. The van der Waals surface area contributed by atoms with E-state index in [-0.39, 0.29) is 5.91 Å². The van der Waals surface area contributed by atoms with Gasteiger partial charge in [-0.2, -0.15) is 0 Å². The van der Waals surface area contributed by atoms with Crippen molar-refractivity contribution in [3.8, 4) is 0 Å². The molecule has 0 saturated carbocycles. The normalized spacial score (nSPS) is 23.5. The molecule has 0 radical (unpaired) electrons. The zero-order valence-electron chi connectivity index (χ0n) is 16.0. The van der Waals surface area contributed by atoms with Crippen molar-refractivity contribution in [3.05, 3.63) is 35.4 Å². The highest BCUT2D eigenvalue weighted by Crippen LogP contribution is 2.29. The molecular formula is C21H33N3O2. The van der Waals surface area contributed by atoms with Crippen LogP contribution in [0.3, 0.4) is 0 Å². The van der Waals surface area contributed by atoms with Crippen molar-refractivity contribution in [2.45, 2.75) is 45.7 Å². The Kier molecular flexibility index (Phi) is 6.68. The molecule has 1 aromatic carbocycles. The van der Waals surface area contributed by atoms with Gasteiger partial charge in [0.15, 0.2) is 0 Å². The number of hydrogen-bond donors (Lipinski definition) is 2. The van der Waals surface area contributed by atoms with Crippen LogP contribution < -0.4 is 11.1 Å². The minimum atomic E-state index is -0.455. The number of nitrogens with one attached hydrogen (secondary N) is 1. The fraction of sp³-hybridized carbons (Fsp3) is 0.667. The Morgan fingerprint density at radius 1 is 1.27 bits per heavy atom. The Bertz CT molecular complexity index is 581. The van der Waals surface area contributed by atoms with Crippen LogP contribution >= 0.6 is 0 Å². The summed E-state index contributed by atoms with van der Waals surface area (Å²) in [6, 6.07) is 8.63. The maximum Gasteiger partial charge on any atom is 0.227 e. The molecule has 2 fully saturated rings. The molecule has 2 heterocycles. The molecule has 2 aliphatic heterocycles. The van der Waals surface area contributed by atoms with E-state index < -0.39 is 5.41 Å². The SMILES string of the molecule is CC1CCCN(Cc2ccc(CNC(=O)C3(CN)CCOCC3)cc2)C1. The number of nitrogens with zero attached hydrogens (tertiary/aromatic N) is 1. The molecular weight excluding hydrogens is 326 g/mol. The number of piperidine rings is 1.